The number of nitrogens with one attached hydrogen (secondary N) is 1. The Morgan fingerprint density at radius 3 is 2.33 bits per heavy atom. The van der Waals surface area contributed by atoms with Crippen molar-refractivity contribution in [3.05, 3.63) is 51.5 Å². The zero-order valence-electron chi connectivity index (χ0n) is 14.8. The van der Waals surface area contributed by atoms with E-state index in [0.29, 0.717) is 19.4 Å². The molecule has 0 aliphatic carbocycles. The summed E-state index contributed by atoms with van der Waals surface area (Å²) >= 11 is 1.58. The van der Waals surface area contributed by atoms with E-state index in [9.17, 15) is 8.42 Å². The van der Waals surface area contributed by atoms with Crippen molar-refractivity contribution < 1.29 is 8.42 Å². The Labute approximate surface area is 149 Å². The van der Waals surface area contributed by atoms with Crippen LogP contribution in [0.25, 0.3) is 0 Å². The molecule has 1 aromatic heterocycles. The van der Waals surface area contributed by atoms with Gasteiger partial charge in [0.05, 0.1) is 16.5 Å². The Hall–Kier alpha value is -1.24. The maximum Gasteiger partial charge on any atom is 0.211 e. The molecule has 0 atom stereocenters. The molecular weight excluding hydrogens is 340 g/mol. The Bertz CT molecular complexity index is 757. The van der Waals surface area contributed by atoms with Crippen LogP contribution in [0.15, 0.2) is 29.6 Å². The fourth-order valence-corrected chi connectivity index (χ4v) is 4.06. The molecule has 0 unspecified atom stereocenters. The Morgan fingerprint density at radius 1 is 1.12 bits per heavy atom. The first kappa shape index (κ1) is 19.1. The first-order valence-electron chi connectivity index (χ1n) is 8.13. The van der Waals surface area contributed by atoms with Crippen molar-refractivity contribution in [1.29, 1.82) is 0 Å². The van der Waals surface area contributed by atoms with Crippen LogP contribution >= 0.6 is 11.3 Å². The molecule has 0 aliphatic rings. The minimum Gasteiger partial charge on any atom is -0.247 e. The molecule has 0 saturated heterocycles. The van der Waals surface area contributed by atoms with Crippen LogP contribution in [0.5, 0.6) is 0 Å². The highest BCUT2D eigenvalue weighted by Gasteiger charge is 2.14. The number of aromatic nitrogens is 1. The van der Waals surface area contributed by atoms with Crippen LogP contribution in [0.2, 0.25) is 0 Å². The standard InChI is InChI=1S/C18H26N2O2S2/c1-14-20-17(13-23-14)9-11-19-24(21,22)12-10-15-5-7-16(8-6-15)18(2,3)4/h5-8,13,19H,9-12H2,1-4H3. The fraction of sp³-hybridized carbons (Fsp3) is 0.500. The number of thiazole rings is 1. The predicted molar refractivity (Wildman–Crippen MR) is 101 cm³/mol. The van der Waals surface area contributed by atoms with Crippen LogP contribution in [-0.2, 0) is 28.3 Å². The lowest BCUT2D eigenvalue weighted by Crippen LogP contribution is -2.29. The molecule has 1 N–H and O–H groups in total. The molecule has 132 valence electrons. The second kappa shape index (κ2) is 7.76. The van der Waals surface area contributed by atoms with Gasteiger partial charge in [0.2, 0.25) is 10.0 Å². The van der Waals surface area contributed by atoms with E-state index in [0.717, 1.165) is 16.3 Å². The van der Waals surface area contributed by atoms with Crippen molar-refractivity contribution in [2.24, 2.45) is 0 Å². The summed E-state index contributed by atoms with van der Waals surface area (Å²) in [5.41, 5.74) is 3.35. The molecule has 2 rings (SSSR count). The van der Waals surface area contributed by atoms with Crippen molar-refractivity contribution in [2.75, 3.05) is 12.3 Å². The Kier molecular flexibility index (Phi) is 6.17. The van der Waals surface area contributed by atoms with Crippen molar-refractivity contribution >= 4 is 21.4 Å². The average Bonchev–Trinajstić information content (AvgIpc) is 2.90. The predicted octanol–water partition coefficient (Wildman–Crippen LogP) is 3.45. The van der Waals surface area contributed by atoms with E-state index in [-0.39, 0.29) is 11.2 Å². The topological polar surface area (TPSA) is 59.1 Å². The van der Waals surface area contributed by atoms with Gasteiger partial charge in [-0.25, -0.2) is 18.1 Å². The van der Waals surface area contributed by atoms with Gasteiger partial charge in [0.15, 0.2) is 0 Å². The third kappa shape index (κ3) is 6.00. The largest absolute Gasteiger partial charge is 0.247 e. The summed E-state index contributed by atoms with van der Waals surface area (Å²) in [6, 6.07) is 8.21. The van der Waals surface area contributed by atoms with Gasteiger partial charge in [-0.05, 0) is 29.9 Å². The van der Waals surface area contributed by atoms with E-state index in [4.69, 9.17) is 0 Å². The molecule has 0 radical (unpaired) electrons. The number of hydrogen-bond donors (Lipinski definition) is 1. The van der Waals surface area contributed by atoms with Gasteiger partial charge in [0, 0.05) is 18.3 Å². The van der Waals surface area contributed by atoms with Crippen LogP contribution in [0.4, 0.5) is 0 Å². The van der Waals surface area contributed by atoms with E-state index in [1.807, 2.05) is 24.4 Å². The maximum absolute atomic E-state index is 12.1. The lowest BCUT2D eigenvalue weighted by atomic mass is 9.86. The number of sulfonamides is 1. The van der Waals surface area contributed by atoms with Gasteiger partial charge in [-0.3, -0.25) is 0 Å². The van der Waals surface area contributed by atoms with Crippen LogP contribution in [0.3, 0.4) is 0 Å². The molecule has 2 aromatic rings. The van der Waals surface area contributed by atoms with Gasteiger partial charge in [0.25, 0.3) is 0 Å². The van der Waals surface area contributed by atoms with Gasteiger partial charge >= 0.3 is 0 Å². The highest BCUT2D eigenvalue weighted by Crippen LogP contribution is 2.22. The highest BCUT2D eigenvalue weighted by atomic mass is 32.2. The van der Waals surface area contributed by atoms with Gasteiger partial charge in [-0.1, -0.05) is 45.0 Å². The zero-order valence-corrected chi connectivity index (χ0v) is 16.4. The summed E-state index contributed by atoms with van der Waals surface area (Å²) in [6.45, 7) is 8.85. The Balaban J connectivity index is 1.81. The maximum atomic E-state index is 12.1. The van der Waals surface area contributed by atoms with E-state index < -0.39 is 10.0 Å². The number of benzene rings is 1. The second-order valence-electron chi connectivity index (χ2n) is 7.02. The Morgan fingerprint density at radius 2 is 1.79 bits per heavy atom. The fourth-order valence-electron chi connectivity index (χ4n) is 2.35. The molecule has 4 nitrogen and oxygen atoms in total. The summed E-state index contributed by atoms with van der Waals surface area (Å²) in [7, 11) is -3.26. The summed E-state index contributed by atoms with van der Waals surface area (Å²) in [5, 5.41) is 2.98. The van der Waals surface area contributed by atoms with Crippen LogP contribution in [-0.4, -0.2) is 25.7 Å². The first-order chi connectivity index (χ1) is 11.2. The number of nitrogens with zero attached hydrogens (tertiary/aromatic N) is 1. The quantitative estimate of drug-likeness (QED) is 0.816. The zero-order chi connectivity index (χ0) is 17.8. The molecule has 6 heteroatoms. The van der Waals surface area contributed by atoms with E-state index >= 15 is 0 Å². The molecule has 0 saturated carbocycles. The molecule has 0 aliphatic heterocycles. The molecular formula is C18H26N2O2S2. The van der Waals surface area contributed by atoms with Crippen LogP contribution in [0.1, 0.15) is 42.6 Å². The van der Waals surface area contributed by atoms with Gasteiger partial charge in [-0.2, -0.15) is 0 Å². The van der Waals surface area contributed by atoms with E-state index in [1.165, 1.54) is 5.56 Å². The van der Waals surface area contributed by atoms with Crippen molar-refractivity contribution in [1.82, 2.24) is 9.71 Å². The summed E-state index contributed by atoms with van der Waals surface area (Å²) in [5.74, 6) is 0.109. The normalized spacial score (nSPS) is 12.5. The van der Waals surface area contributed by atoms with Crippen molar-refractivity contribution in [3.8, 4) is 0 Å². The van der Waals surface area contributed by atoms with E-state index in [2.05, 4.69) is 42.6 Å². The number of rotatable bonds is 7. The SMILES string of the molecule is Cc1nc(CCNS(=O)(=O)CCc2ccc(C(C)(C)C)cc2)cs1. The van der Waals surface area contributed by atoms with Crippen LogP contribution in [0, 0.1) is 6.92 Å². The van der Waals surface area contributed by atoms with Gasteiger partial charge < -0.3 is 0 Å². The minimum absolute atomic E-state index is 0.109. The van der Waals surface area contributed by atoms with Crippen molar-refractivity contribution in [3.63, 3.8) is 0 Å². The van der Waals surface area contributed by atoms with Gasteiger partial charge in [-0.15, -0.1) is 11.3 Å². The van der Waals surface area contributed by atoms with Crippen molar-refractivity contribution in [2.45, 2.75) is 46.0 Å². The highest BCUT2D eigenvalue weighted by molar-refractivity contribution is 7.89. The average molecular weight is 367 g/mol. The summed E-state index contributed by atoms with van der Waals surface area (Å²) < 4.78 is 26.9. The molecule has 0 bridgehead atoms. The summed E-state index contributed by atoms with van der Waals surface area (Å²) in [4.78, 5) is 4.34. The molecule has 0 fully saturated rings. The monoisotopic (exact) mass is 366 g/mol. The third-order valence-corrected chi connectivity index (χ3v) is 6.06. The molecule has 1 heterocycles. The molecule has 24 heavy (non-hydrogen) atoms. The molecule has 1 aromatic carbocycles. The minimum atomic E-state index is -3.26. The first-order valence-corrected chi connectivity index (χ1v) is 10.7. The van der Waals surface area contributed by atoms with Crippen LogP contribution < -0.4 is 4.72 Å². The summed E-state index contributed by atoms with van der Waals surface area (Å²) in [6.07, 6.45) is 1.15. The number of aryl methyl sites for hydroxylation is 2. The van der Waals surface area contributed by atoms with Gasteiger partial charge in [0.1, 0.15) is 0 Å². The number of hydrogen-bond acceptors (Lipinski definition) is 4. The molecule has 0 amide bonds. The second-order valence-corrected chi connectivity index (χ2v) is 10.0. The molecule has 0 spiro atoms. The smallest absolute Gasteiger partial charge is 0.211 e. The lowest BCUT2D eigenvalue weighted by Gasteiger charge is -2.19. The third-order valence-electron chi connectivity index (χ3n) is 3.85. The van der Waals surface area contributed by atoms with E-state index in [1.54, 1.807) is 11.3 Å². The lowest BCUT2D eigenvalue weighted by molar-refractivity contribution is 0.580.